The normalized spacial score (nSPS) is 20.6. The molecule has 1 spiro atoms. The zero-order valence-electron chi connectivity index (χ0n) is 13.7. The number of likely N-dealkylation sites (N-methyl/N-ethyl adjacent to an activating group) is 1. The van der Waals surface area contributed by atoms with Gasteiger partial charge in [0.2, 0.25) is 0 Å². The average Bonchev–Trinajstić information content (AvgIpc) is 3.28. The van der Waals surface area contributed by atoms with E-state index in [-0.39, 0.29) is 5.54 Å². The van der Waals surface area contributed by atoms with E-state index in [0.717, 1.165) is 50.2 Å². The number of hydrogen-bond donors (Lipinski definition) is 1. The van der Waals surface area contributed by atoms with Crippen LogP contribution >= 0.6 is 11.3 Å². The highest BCUT2D eigenvalue weighted by molar-refractivity contribution is 7.17. The molecule has 3 aromatic heterocycles. The third kappa shape index (κ3) is 1.94. The lowest BCUT2D eigenvalue weighted by molar-refractivity contribution is 0.0712. The Balaban J connectivity index is 1.47. The maximum Gasteiger partial charge on any atom is 0.150 e. The molecule has 0 radical (unpaired) electrons. The molecule has 0 aliphatic carbocycles. The van der Waals surface area contributed by atoms with Gasteiger partial charge in [0.15, 0.2) is 0 Å². The number of nitrogens with one attached hydrogen (secondary N) is 1. The number of aromatic amines is 1. The number of anilines is 1. The van der Waals surface area contributed by atoms with Crippen LogP contribution in [0.4, 0.5) is 5.82 Å². The molecule has 0 bridgehead atoms. The van der Waals surface area contributed by atoms with Gasteiger partial charge in [-0.15, -0.1) is 11.3 Å². The Morgan fingerprint density at radius 1 is 1.17 bits per heavy atom. The number of hydrogen-bond acceptors (Lipinski definition) is 6. The quantitative estimate of drug-likeness (QED) is 0.737. The van der Waals surface area contributed by atoms with Crippen LogP contribution < -0.4 is 4.90 Å². The first-order chi connectivity index (χ1) is 11.8. The molecular weight excluding hydrogens is 320 g/mol. The van der Waals surface area contributed by atoms with Gasteiger partial charge in [-0.05, 0) is 31.3 Å². The second kappa shape index (κ2) is 5.26. The Kier molecular flexibility index (Phi) is 3.14. The number of piperidine rings is 1. The molecule has 1 saturated heterocycles. The Bertz CT molecular complexity index is 876. The lowest BCUT2D eigenvalue weighted by Gasteiger charge is -2.49. The number of aromatic nitrogens is 4. The molecule has 124 valence electrons. The van der Waals surface area contributed by atoms with Crippen LogP contribution in [0.2, 0.25) is 0 Å². The van der Waals surface area contributed by atoms with Crippen molar-refractivity contribution in [3.8, 4) is 0 Å². The van der Waals surface area contributed by atoms with E-state index in [9.17, 15) is 0 Å². The Morgan fingerprint density at radius 2 is 2.04 bits per heavy atom. The molecule has 24 heavy (non-hydrogen) atoms. The predicted octanol–water partition coefficient (Wildman–Crippen LogP) is 2.40. The lowest BCUT2D eigenvalue weighted by atomic mass is 9.79. The summed E-state index contributed by atoms with van der Waals surface area (Å²) in [5.41, 5.74) is 3.71. The van der Waals surface area contributed by atoms with Crippen molar-refractivity contribution < 1.29 is 0 Å². The zero-order chi connectivity index (χ0) is 16.1. The van der Waals surface area contributed by atoms with E-state index in [1.807, 2.05) is 6.33 Å². The molecule has 0 aromatic carbocycles. The van der Waals surface area contributed by atoms with Gasteiger partial charge in [0, 0.05) is 31.7 Å². The van der Waals surface area contributed by atoms with Crippen LogP contribution in [0.3, 0.4) is 0 Å². The summed E-state index contributed by atoms with van der Waals surface area (Å²) in [6.07, 6.45) is 6.78. The fourth-order valence-corrected chi connectivity index (χ4v) is 5.16. The summed E-state index contributed by atoms with van der Waals surface area (Å²) in [4.78, 5) is 21.9. The smallest absolute Gasteiger partial charge is 0.150 e. The first kappa shape index (κ1) is 14.4. The molecular formula is C17H20N6S. The molecule has 2 aliphatic rings. The van der Waals surface area contributed by atoms with Crippen molar-refractivity contribution in [3.05, 3.63) is 35.5 Å². The summed E-state index contributed by atoms with van der Waals surface area (Å²) in [5.74, 6) is 1.09. The van der Waals surface area contributed by atoms with Crippen LogP contribution in [-0.4, -0.2) is 51.5 Å². The van der Waals surface area contributed by atoms with Gasteiger partial charge in [-0.2, -0.15) is 0 Å². The molecule has 1 N–H and O–H groups in total. The van der Waals surface area contributed by atoms with Crippen molar-refractivity contribution >= 4 is 27.4 Å². The summed E-state index contributed by atoms with van der Waals surface area (Å²) in [5, 5.41) is 2.10. The monoisotopic (exact) mass is 340 g/mol. The number of nitrogens with zero attached hydrogens (tertiary/aromatic N) is 5. The number of thiophene rings is 1. The minimum absolute atomic E-state index is 0.0751. The van der Waals surface area contributed by atoms with Crippen molar-refractivity contribution in [3.63, 3.8) is 0 Å². The van der Waals surface area contributed by atoms with Crippen LogP contribution in [0.1, 0.15) is 24.2 Å². The molecule has 5 heterocycles. The minimum atomic E-state index is 0.0751. The Hall–Kier alpha value is -1.99. The topological polar surface area (TPSA) is 60.9 Å². The van der Waals surface area contributed by atoms with Gasteiger partial charge < -0.3 is 9.88 Å². The van der Waals surface area contributed by atoms with Crippen molar-refractivity contribution in [2.24, 2.45) is 0 Å². The predicted molar refractivity (Wildman–Crippen MR) is 95.5 cm³/mol. The largest absolute Gasteiger partial charge is 0.355 e. The van der Waals surface area contributed by atoms with Gasteiger partial charge >= 0.3 is 0 Å². The summed E-state index contributed by atoms with van der Waals surface area (Å²) in [6.45, 7) is 3.10. The van der Waals surface area contributed by atoms with E-state index in [0.29, 0.717) is 0 Å². The second-order valence-electron chi connectivity index (χ2n) is 6.75. The summed E-state index contributed by atoms with van der Waals surface area (Å²) in [7, 11) is 2.25. The highest BCUT2D eigenvalue weighted by Crippen LogP contribution is 2.42. The molecule has 0 amide bonds. The minimum Gasteiger partial charge on any atom is -0.355 e. The fourth-order valence-electron chi connectivity index (χ4n) is 4.30. The van der Waals surface area contributed by atoms with Gasteiger partial charge in [0.05, 0.1) is 27.8 Å². The SMILES string of the molecule is CN1CCc2[nH]cnc2C12CCN(c1ncnc3ccsc13)CC2. The van der Waals surface area contributed by atoms with Crippen LogP contribution in [0.25, 0.3) is 10.2 Å². The van der Waals surface area contributed by atoms with E-state index in [4.69, 9.17) is 0 Å². The molecule has 6 nitrogen and oxygen atoms in total. The molecule has 0 saturated carbocycles. The van der Waals surface area contributed by atoms with E-state index in [1.54, 1.807) is 17.7 Å². The number of fused-ring (bicyclic) bond motifs is 3. The van der Waals surface area contributed by atoms with Crippen molar-refractivity contribution in [2.75, 3.05) is 31.6 Å². The second-order valence-corrected chi connectivity index (χ2v) is 7.67. The van der Waals surface area contributed by atoms with Crippen LogP contribution in [-0.2, 0) is 12.0 Å². The standard InChI is InChI=1S/C17H20N6S/c1-22-6-2-13-15(20-10-19-13)17(22)4-7-23(8-5-17)16-14-12(3-9-24-14)18-11-21-16/h3,9-11H,2,4-8H2,1H3,(H,19,20). The highest BCUT2D eigenvalue weighted by atomic mass is 32.1. The average molecular weight is 340 g/mol. The van der Waals surface area contributed by atoms with Gasteiger partial charge in [-0.25, -0.2) is 15.0 Å². The number of imidazole rings is 1. The first-order valence-electron chi connectivity index (χ1n) is 8.45. The third-order valence-corrected chi connectivity index (χ3v) is 6.60. The van der Waals surface area contributed by atoms with E-state index >= 15 is 0 Å². The summed E-state index contributed by atoms with van der Waals surface area (Å²) >= 11 is 1.73. The summed E-state index contributed by atoms with van der Waals surface area (Å²) in [6, 6.07) is 2.07. The van der Waals surface area contributed by atoms with E-state index < -0.39 is 0 Å². The van der Waals surface area contributed by atoms with Gasteiger partial charge in [-0.3, -0.25) is 4.90 Å². The summed E-state index contributed by atoms with van der Waals surface area (Å²) < 4.78 is 1.20. The molecule has 0 atom stereocenters. The molecule has 5 rings (SSSR count). The molecule has 3 aromatic rings. The molecule has 1 fully saturated rings. The van der Waals surface area contributed by atoms with E-state index in [1.165, 1.54) is 16.1 Å². The van der Waals surface area contributed by atoms with E-state index in [2.05, 4.69) is 48.2 Å². The number of H-pyrrole nitrogens is 1. The molecule has 0 unspecified atom stereocenters. The van der Waals surface area contributed by atoms with Crippen molar-refractivity contribution in [2.45, 2.75) is 24.8 Å². The van der Waals surface area contributed by atoms with Crippen LogP contribution in [0.15, 0.2) is 24.1 Å². The number of rotatable bonds is 1. The molecule has 7 heteroatoms. The van der Waals surface area contributed by atoms with Gasteiger partial charge in [0.25, 0.3) is 0 Å². The van der Waals surface area contributed by atoms with Gasteiger partial charge in [0.1, 0.15) is 12.1 Å². The Morgan fingerprint density at radius 3 is 2.92 bits per heavy atom. The lowest BCUT2D eigenvalue weighted by Crippen LogP contribution is -2.55. The fraction of sp³-hybridized carbons (Fsp3) is 0.471. The van der Waals surface area contributed by atoms with Crippen molar-refractivity contribution in [1.29, 1.82) is 0 Å². The Labute approximate surface area is 144 Å². The van der Waals surface area contributed by atoms with Crippen LogP contribution in [0.5, 0.6) is 0 Å². The van der Waals surface area contributed by atoms with Crippen molar-refractivity contribution in [1.82, 2.24) is 24.8 Å². The molecule has 2 aliphatic heterocycles. The maximum atomic E-state index is 4.68. The highest BCUT2D eigenvalue weighted by Gasteiger charge is 2.45. The maximum absolute atomic E-state index is 4.68. The first-order valence-corrected chi connectivity index (χ1v) is 9.33. The zero-order valence-corrected chi connectivity index (χ0v) is 14.5. The van der Waals surface area contributed by atoms with Gasteiger partial charge in [-0.1, -0.05) is 0 Å². The van der Waals surface area contributed by atoms with Crippen LogP contribution in [0, 0.1) is 0 Å². The third-order valence-electron chi connectivity index (χ3n) is 5.70.